The summed E-state index contributed by atoms with van der Waals surface area (Å²) in [6.07, 6.45) is 0. The van der Waals surface area contributed by atoms with Gasteiger partial charge in [-0.3, -0.25) is 4.79 Å². The number of aryl methyl sites for hydroxylation is 1. The van der Waals surface area contributed by atoms with Crippen molar-refractivity contribution < 1.29 is 17.9 Å². The number of benzene rings is 1. The first-order valence-corrected chi connectivity index (χ1v) is 11.1. The molecule has 0 saturated heterocycles. The summed E-state index contributed by atoms with van der Waals surface area (Å²) in [5, 5.41) is 8.03. The van der Waals surface area contributed by atoms with Crippen LogP contribution in [0.15, 0.2) is 34.3 Å². The number of rotatable bonds is 8. The van der Waals surface area contributed by atoms with Gasteiger partial charge in [-0.15, -0.1) is 10.2 Å². The van der Waals surface area contributed by atoms with Gasteiger partial charge in [0.25, 0.3) is 0 Å². The second-order valence-corrected chi connectivity index (χ2v) is 10.1. The van der Waals surface area contributed by atoms with Gasteiger partial charge < -0.3 is 9.30 Å². The number of carbonyl (C=O) groups excluding carboxylic acids is 1. The molecule has 0 N–H and O–H groups in total. The van der Waals surface area contributed by atoms with Crippen LogP contribution in [0, 0.1) is 12.8 Å². The molecule has 0 aliphatic rings. The minimum atomic E-state index is -3.53. The smallest absolute Gasteiger partial charge is 0.319 e. The molecule has 0 spiro atoms. The van der Waals surface area contributed by atoms with E-state index in [1.54, 1.807) is 42.8 Å². The van der Waals surface area contributed by atoms with E-state index in [9.17, 15) is 13.2 Å². The molecule has 0 amide bonds. The Balaban J connectivity index is 2.08. The average molecular weight is 412 g/mol. The van der Waals surface area contributed by atoms with E-state index < -0.39 is 15.1 Å². The number of thioether (sulfide) groups is 1. The lowest BCUT2D eigenvalue weighted by molar-refractivity contribution is -0.143. The number of ether oxygens (including phenoxy) is 1. The molecule has 1 aromatic heterocycles. The van der Waals surface area contributed by atoms with Crippen molar-refractivity contribution in [2.24, 2.45) is 13.0 Å². The van der Waals surface area contributed by atoms with Gasteiger partial charge in [0.1, 0.15) is 16.8 Å². The van der Waals surface area contributed by atoms with Gasteiger partial charge in [0.05, 0.1) is 11.5 Å². The largest absolute Gasteiger partial charge is 0.465 e. The Labute approximate surface area is 164 Å². The standard InChI is InChI=1S/C18H25N3O4S2/c1-12(2)10-25-17(22)14(4)26-18-20-19-16(21(18)5)11-27(23,24)15-8-6-13(3)7-9-15/h6-9,12,14H,10-11H2,1-5H3. The predicted octanol–water partition coefficient (Wildman–Crippen LogP) is 2.78. The van der Waals surface area contributed by atoms with Crippen LogP contribution in [0.2, 0.25) is 0 Å². The molecule has 9 heteroatoms. The highest BCUT2D eigenvalue weighted by Gasteiger charge is 2.23. The van der Waals surface area contributed by atoms with E-state index in [1.807, 2.05) is 20.8 Å². The van der Waals surface area contributed by atoms with Crippen LogP contribution in [0.4, 0.5) is 0 Å². The van der Waals surface area contributed by atoms with Gasteiger partial charge in [-0.05, 0) is 31.9 Å². The number of hydrogen-bond donors (Lipinski definition) is 0. The number of nitrogens with zero attached hydrogens (tertiary/aromatic N) is 3. The number of aromatic nitrogens is 3. The molecule has 0 aliphatic carbocycles. The lowest BCUT2D eigenvalue weighted by Gasteiger charge is -2.12. The third-order valence-electron chi connectivity index (χ3n) is 3.80. The Bertz CT molecular complexity index is 890. The van der Waals surface area contributed by atoms with Crippen LogP contribution in [-0.4, -0.2) is 41.0 Å². The minimum absolute atomic E-state index is 0.246. The van der Waals surface area contributed by atoms with Crippen LogP contribution in [-0.2, 0) is 32.2 Å². The lowest BCUT2D eigenvalue weighted by Crippen LogP contribution is -2.20. The molecule has 148 valence electrons. The summed E-state index contributed by atoms with van der Waals surface area (Å²) in [4.78, 5) is 12.3. The summed E-state index contributed by atoms with van der Waals surface area (Å²) in [7, 11) is -1.84. The van der Waals surface area contributed by atoms with E-state index in [0.29, 0.717) is 17.6 Å². The first-order chi connectivity index (χ1) is 12.6. The van der Waals surface area contributed by atoms with E-state index in [1.165, 1.54) is 11.8 Å². The maximum atomic E-state index is 12.6. The quantitative estimate of drug-likeness (QED) is 0.487. The van der Waals surface area contributed by atoms with Crippen molar-refractivity contribution in [1.29, 1.82) is 0 Å². The lowest BCUT2D eigenvalue weighted by atomic mass is 10.2. The Kier molecular flexibility index (Phi) is 7.05. The molecule has 0 radical (unpaired) electrons. The molecule has 27 heavy (non-hydrogen) atoms. The zero-order chi connectivity index (χ0) is 20.2. The molecule has 0 aliphatic heterocycles. The molecule has 7 nitrogen and oxygen atoms in total. The monoisotopic (exact) mass is 411 g/mol. The molecule has 0 fully saturated rings. The first kappa shape index (κ1) is 21.4. The molecule has 2 aromatic rings. The fourth-order valence-electron chi connectivity index (χ4n) is 2.14. The normalized spacial score (nSPS) is 13.0. The van der Waals surface area contributed by atoms with Gasteiger partial charge in [0.15, 0.2) is 15.0 Å². The fourth-order valence-corrected chi connectivity index (χ4v) is 4.29. The predicted molar refractivity (Wildman–Crippen MR) is 104 cm³/mol. The Morgan fingerprint density at radius 1 is 1.19 bits per heavy atom. The molecular formula is C18H25N3O4S2. The SMILES string of the molecule is Cc1ccc(S(=O)(=O)Cc2nnc(SC(C)C(=O)OCC(C)C)n2C)cc1. The van der Waals surface area contributed by atoms with Crippen molar-refractivity contribution in [2.75, 3.05) is 6.61 Å². The number of carbonyl (C=O) groups is 1. The van der Waals surface area contributed by atoms with Gasteiger partial charge in [-0.25, -0.2) is 8.42 Å². The van der Waals surface area contributed by atoms with E-state index in [-0.39, 0.29) is 22.5 Å². The molecule has 2 rings (SSSR count). The Morgan fingerprint density at radius 3 is 2.41 bits per heavy atom. The summed E-state index contributed by atoms with van der Waals surface area (Å²) in [6, 6.07) is 6.69. The third-order valence-corrected chi connectivity index (χ3v) is 6.54. The second-order valence-electron chi connectivity index (χ2n) is 6.81. The van der Waals surface area contributed by atoms with Crippen LogP contribution in [0.1, 0.15) is 32.2 Å². The molecule has 1 aromatic carbocycles. The average Bonchev–Trinajstić information content (AvgIpc) is 2.92. The Hall–Kier alpha value is -1.87. The van der Waals surface area contributed by atoms with Gasteiger partial charge in [-0.2, -0.15) is 0 Å². The van der Waals surface area contributed by atoms with Crippen LogP contribution in [0.3, 0.4) is 0 Å². The molecule has 1 atom stereocenters. The third kappa shape index (κ3) is 5.80. The van der Waals surface area contributed by atoms with Gasteiger partial charge in [-0.1, -0.05) is 43.3 Å². The summed E-state index contributed by atoms with van der Waals surface area (Å²) in [5.41, 5.74) is 0.990. The van der Waals surface area contributed by atoms with Crippen LogP contribution in [0.25, 0.3) is 0 Å². The van der Waals surface area contributed by atoms with Crippen molar-refractivity contribution in [1.82, 2.24) is 14.8 Å². The molecule has 1 unspecified atom stereocenters. The van der Waals surface area contributed by atoms with Crippen molar-refractivity contribution in [3.05, 3.63) is 35.7 Å². The van der Waals surface area contributed by atoms with Crippen molar-refractivity contribution in [3.63, 3.8) is 0 Å². The van der Waals surface area contributed by atoms with E-state index in [0.717, 1.165) is 5.56 Å². The molecule has 0 saturated carbocycles. The summed E-state index contributed by atoms with van der Waals surface area (Å²) in [5.74, 6) is -0.00217. The zero-order valence-corrected chi connectivity index (χ0v) is 17.8. The van der Waals surface area contributed by atoms with E-state index in [2.05, 4.69) is 10.2 Å². The second kappa shape index (κ2) is 8.88. The number of hydrogen-bond acceptors (Lipinski definition) is 7. The van der Waals surface area contributed by atoms with Crippen LogP contribution in [0.5, 0.6) is 0 Å². The van der Waals surface area contributed by atoms with Crippen LogP contribution >= 0.6 is 11.8 Å². The molecule has 0 bridgehead atoms. The van der Waals surface area contributed by atoms with E-state index in [4.69, 9.17) is 4.74 Å². The highest BCUT2D eigenvalue weighted by atomic mass is 32.2. The molecular weight excluding hydrogens is 386 g/mol. The highest BCUT2D eigenvalue weighted by Crippen LogP contribution is 2.24. The van der Waals surface area contributed by atoms with Crippen molar-refractivity contribution in [2.45, 2.75) is 48.7 Å². The first-order valence-electron chi connectivity index (χ1n) is 8.61. The fraction of sp³-hybridized carbons (Fsp3) is 0.500. The van der Waals surface area contributed by atoms with Crippen molar-refractivity contribution >= 4 is 27.6 Å². The number of sulfone groups is 1. The summed E-state index contributed by atoms with van der Waals surface area (Å²) in [6.45, 7) is 7.92. The number of esters is 1. The molecule has 1 heterocycles. The van der Waals surface area contributed by atoms with Gasteiger partial charge in [0, 0.05) is 7.05 Å². The van der Waals surface area contributed by atoms with Gasteiger partial charge >= 0.3 is 5.97 Å². The summed E-state index contributed by atoms with van der Waals surface area (Å²) >= 11 is 1.19. The van der Waals surface area contributed by atoms with E-state index >= 15 is 0 Å². The maximum Gasteiger partial charge on any atom is 0.319 e. The topological polar surface area (TPSA) is 91.2 Å². The van der Waals surface area contributed by atoms with Crippen molar-refractivity contribution in [3.8, 4) is 0 Å². The summed E-state index contributed by atoms with van der Waals surface area (Å²) < 4.78 is 32.0. The maximum absolute atomic E-state index is 12.6. The van der Waals surface area contributed by atoms with Crippen LogP contribution < -0.4 is 0 Å². The zero-order valence-electron chi connectivity index (χ0n) is 16.2. The van der Waals surface area contributed by atoms with Gasteiger partial charge in [0.2, 0.25) is 0 Å². The Morgan fingerprint density at radius 2 is 1.81 bits per heavy atom. The minimum Gasteiger partial charge on any atom is -0.465 e. The highest BCUT2D eigenvalue weighted by molar-refractivity contribution is 8.00.